The van der Waals surface area contributed by atoms with Crippen molar-refractivity contribution in [2.24, 2.45) is 7.05 Å². The first-order valence-corrected chi connectivity index (χ1v) is 7.62. The van der Waals surface area contributed by atoms with Crippen LogP contribution in [0, 0.1) is 0 Å². The second-order valence-corrected chi connectivity index (χ2v) is 5.97. The maximum absolute atomic E-state index is 12.8. The predicted molar refractivity (Wildman–Crippen MR) is 79.2 cm³/mol. The van der Waals surface area contributed by atoms with Gasteiger partial charge in [-0.1, -0.05) is 11.6 Å². The lowest BCUT2D eigenvalue weighted by Gasteiger charge is -2.08. The first-order valence-electron chi connectivity index (χ1n) is 7.24. The lowest BCUT2D eigenvalue weighted by atomic mass is 10.2. The summed E-state index contributed by atoms with van der Waals surface area (Å²) < 4.78 is 28.6. The van der Waals surface area contributed by atoms with Crippen LogP contribution in [0.5, 0.6) is 0 Å². The van der Waals surface area contributed by atoms with Crippen LogP contribution in [-0.4, -0.2) is 25.5 Å². The second-order valence-electron chi connectivity index (χ2n) is 5.57. The largest absolute Gasteiger partial charge is 0.349 e. The summed E-state index contributed by atoms with van der Waals surface area (Å²) in [4.78, 5) is 12.1. The lowest BCUT2D eigenvalue weighted by molar-refractivity contribution is -0.122. The number of rotatable bonds is 6. The summed E-state index contributed by atoms with van der Waals surface area (Å²) in [7, 11) is 1.72. The quantitative estimate of drug-likeness (QED) is 0.876. The van der Waals surface area contributed by atoms with Crippen molar-refractivity contribution in [2.75, 3.05) is 0 Å². The highest BCUT2D eigenvalue weighted by Crippen LogP contribution is 2.41. The molecule has 124 valence electrons. The van der Waals surface area contributed by atoms with Gasteiger partial charge in [-0.15, -0.1) is 0 Å². The van der Waals surface area contributed by atoms with Crippen molar-refractivity contribution in [3.8, 4) is 0 Å². The van der Waals surface area contributed by atoms with Crippen LogP contribution in [0.4, 0.5) is 8.78 Å². The van der Waals surface area contributed by atoms with Crippen LogP contribution in [-0.2, 0) is 24.9 Å². The van der Waals surface area contributed by atoms with Crippen LogP contribution in [0.1, 0.15) is 42.3 Å². The van der Waals surface area contributed by atoms with E-state index in [1.165, 1.54) is 16.9 Å². The monoisotopic (exact) mass is 343 g/mol. The molecule has 3 rings (SSSR count). The maximum atomic E-state index is 12.8. The summed E-state index contributed by atoms with van der Waals surface area (Å²) in [5.41, 5.74) is 1.10. The third-order valence-corrected chi connectivity index (χ3v) is 4.12. The molecular weight excluding hydrogens is 328 g/mol. The normalized spacial score (nSPS) is 14.5. The second kappa shape index (κ2) is 6.27. The summed E-state index contributed by atoms with van der Waals surface area (Å²) in [5.74, 6) is -0.0811. The van der Waals surface area contributed by atoms with E-state index < -0.39 is 6.43 Å². The summed E-state index contributed by atoms with van der Waals surface area (Å²) in [6.07, 6.45) is 0.753. The molecule has 0 aromatic carbocycles. The van der Waals surface area contributed by atoms with Crippen LogP contribution in [0.15, 0.2) is 12.3 Å². The van der Waals surface area contributed by atoms with Gasteiger partial charge in [-0.2, -0.15) is 10.2 Å². The SMILES string of the molecule is Cn1ncc(Cl)c1CNC(=O)Cn1nc(C(F)F)cc1C1CC1. The van der Waals surface area contributed by atoms with Crippen molar-refractivity contribution >= 4 is 17.5 Å². The molecule has 0 atom stereocenters. The molecular formula is C14H16ClF2N5O. The van der Waals surface area contributed by atoms with Gasteiger partial charge in [-0.25, -0.2) is 8.78 Å². The number of nitrogens with zero attached hydrogens (tertiary/aromatic N) is 4. The molecule has 6 nitrogen and oxygen atoms in total. The van der Waals surface area contributed by atoms with E-state index in [4.69, 9.17) is 11.6 Å². The Hall–Kier alpha value is -1.96. The molecule has 1 aliphatic rings. The molecule has 1 N–H and O–H groups in total. The average molecular weight is 344 g/mol. The minimum absolute atomic E-state index is 0.0893. The van der Waals surface area contributed by atoms with Gasteiger partial charge in [0, 0.05) is 18.7 Å². The molecule has 9 heteroatoms. The van der Waals surface area contributed by atoms with Gasteiger partial charge in [-0.05, 0) is 18.9 Å². The van der Waals surface area contributed by atoms with Gasteiger partial charge < -0.3 is 5.32 Å². The summed E-state index contributed by atoms with van der Waals surface area (Å²) in [5, 5.41) is 11.0. The Balaban J connectivity index is 1.66. The lowest BCUT2D eigenvalue weighted by Crippen LogP contribution is -2.29. The molecule has 1 fully saturated rings. The van der Waals surface area contributed by atoms with Crippen LogP contribution >= 0.6 is 11.6 Å². The van der Waals surface area contributed by atoms with E-state index in [9.17, 15) is 13.6 Å². The number of halogens is 3. The molecule has 0 radical (unpaired) electrons. The van der Waals surface area contributed by atoms with Crippen LogP contribution in [0.3, 0.4) is 0 Å². The third kappa shape index (κ3) is 3.52. The first-order chi connectivity index (χ1) is 11.0. The number of nitrogens with one attached hydrogen (secondary N) is 1. The first kappa shape index (κ1) is 15.9. The van der Waals surface area contributed by atoms with Gasteiger partial charge in [0.2, 0.25) is 5.91 Å². The fraction of sp³-hybridized carbons (Fsp3) is 0.500. The fourth-order valence-electron chi connectivity index (χ4n) is 2.40. The minimum Gasteiger partial charge on any atom is -0.349 e. The molecule has 0 bridgehead atoms. The number of aryl methyl sites for hydroxylation is 1. The number of carbonyl (C=O) groups is 1. The molecule has 2 aromatic heterocycles. The summed E-state index contributed by atoms with van der Waals surface area (Å²) in [6, 6.07) is 1.40. The van der Waals surface area contributed by atoms with Crippen molar-refractivity contribution in [1.82, 2.24) is 24.9 Å². The van der Waals surface area contributed by atoms with Gasteiger partial charge in [0.1, 0.15) is 12.2 Å². The van der Waals surface area contributed by atoms with E-state index in [0.29, 0.717) is 16.4 Å². The number of aromatic nitrogens is 4. The van der Waals surface area contributed by atoms with E-state index in [1.54, 1.807) is 11.7 Å². The molecule has 0 spiro atoms. The van der Waals surface area contributed by atoms with E-state index in [2.05, 4.69) is 15.5 Å². The Morgan fingerprint density at radius 3 is 2.83 bits per heavy atom. The van der Waals surface area contributed by atoms with Crippen molar-refractivity contribution < 1.29 is 13.6 Å². The number of hydrogen-bond donors (Lipinski definition) is 1. The smallest absolute Gasteiger partial charge is 0.282 e. The van der Waals surface area contributed by atoms with Gasteiger partial charge >= 0.3 is 0 Å². The van der Waals surface area contributed by atoms with E-state index in [1.807, 2.05) is 0 Å². The van der Waals surface area contributed by atoms with Crippen LogP contribution in [0.25, 0.3) is 0 Å². The topological polar surface area (TPSA) is 64.7 Å². The zero-order valence-corrected chi connectivity index (χ0v) is 13.2. The molecule has 1 amide bonds. The van der Waals surface area contributed by atoms with E-state index >= 15 is 0 Å². The Bertz CT molecular complexity index is 703. The highest BCUT2D eigenvalue weighted by Gasteiger charge is 2.30. The highest BCUT2D eigenvalue weighted by atomic mass is 35.5. The minimum atomic E-state index is -2.63. The Kier molecular flexibility index (Phi) is 4.34. The highest BCUT2D eigenvalue weighted by molar-refractivity contribution is 6.31. The number of alkyl halides is 2. The van der Waals surface area contributed by atoms with Gasteiger partial charge in [0.15, 0.2) is 0 Å². The van der Waals surface area contributed by atoms with Gasteiger partial charge in [-0.3, -0.25) is 14.2 Å². The molecule has 0 unspecified atom stereocenters. The molecule has 23 heavy (non-hydrogen) atoms. The summed E-state index contributed by atoms with van der Waals surface area (Å²) in [6.45, 7) is 0.129. The predicted octanol–water partition coefficient (Wildman–Crippen LogP) is 2.40. The molecule has 2 heterocycles. The molecule has 0 aliphatic heterocycles. The van der Waals surface area contributed by atoms with Gasteiger partial charge in [0.05, 0.1) is 23.5 Å². The zero-order chi connectivity index (χ0) is 16.6. The maximum Gasteiger partial charge on any atom is 0.282 e. The Morgan fingerprint density at radius 1 is 1.52 bits per heavy atom. The molecule has 2 aromatic rings. The van der Waals surface area contributed by atoms with Crippen LogP contribution < -0.4 is 5.32 Å². The molecule has 0 saturated heterocycles. The zero-order valence-electron chi connectivity index (χ0n) is 12.5. The average Bonchev–Trinajstić information content (AvgIpc) is 3.18. The number of carbonyl (C=O) groups excluding carboxylic acids is 1. The summed E-state index contributed by atoms with van der Waals surface area (Å²) >= 11 is 5.97. The van der Waals surface area contributed by atoms with Crippen LogP contribution in [0.2, 0.25) is 5.02 Å². The standard InChI is InChI=1S/C14H16ClF2N5O/c1-21-12(9(15)5-19-21)6-18-13(23)7-22-11(8-2-3-8)4-10(20-22)14(16)17/h4-5,8,14H,2-3,6-7H2,1H3,(H,18,23). The molecule has 1 aliphatic carbocycles. The molecule has 1 saturated carbocycles. The third-order valence-electron chi connectivity index (χ3n) is 3.81. The van der Waals surface area contributed by atoms with Crippen molar-refractivity contribution in [3.63, 3.8) is 0 Å². The van der Waals surface area contributed by atoms with Crippen molar-refractivity contribution in [2.45, 2.75) is 38.3 Å². The fourth-order valence-corrected chi connectivity index (χ4v) is 2.63. The van der Waals surface area contributed by atoms with Crippen molar-refractivity contribution in [1.29, 1.82) is 0 Å². The van der Waals surface area contributed by atoms with Gasteiger partial charge in [0.25, 0.3) is 6.43 Å². The van der Waals surface area contributed by atoms with Crippen molar-refractivity contribution in [3.05, 3.63) is 34.4 Å². The number of amides is 1. The van der Waals surface area contributed by atoms with E-state index in [-0.39, 0.29) is 30.6 Å². The Labute approximate surface area is 136 Å². The number of hydrogen-bond acceptors (Lipinski definition) is 3. The van der Waals surface area contributed by atoms with E-state index in [0.717, 1.165) is 12.8 Å². The Morgan fingerprint density at radius 2 is 2.26 bits per heavy atom.